The number of fused-ring (bicyclic) bond motifs is 1. The molecule has 0 saturated carbocycles. The number of rotatable bonds is 10. The van der Waals surface area contributed by atoms with E-state index in [4.69, 9.17) is 24.4 Å². The Morgan fingerprint density at radius 1 is 1.13 bits per heavy atom. The zero-order valence-electron chi connectivity index (χ0n) is 20.7. The van der Waals surface area contributed by atoms with Crippen LogP contribution in [0.1, 0.15) is 27.9 Å². The van der Waals surface area contributed by atoms with Gasteiger partial charge in [0.25, 0.3) is 0 Å². The monoisotopic (exact) mass is 518 g/mol. The van der Waals surface area contributed by atoms with Gasteiger partial charge in [0.15, 0.2) is 17.8 Å². The van der Waals surface area contributed by atoms with Gasteiger partial charge in [-0.15, -0.1) is 0 Å². The van der Waals surface area contributed by atoms with E-state index in [2.05, 4.69) is 16.5 Å². The Morgan fingerprint density at radius 2 is 1.84 bits per heavy atom. The zero-order chi connectivity index (χ0) is 27.2. The fraction of sp³-hybridized carbons (Fsp3) is 0.222. The predicted molar refractivity (Wildman–Crippen MR) is 137 cm³/mol. The number of methoxy groups -OCH3 is 1. The second-order valence-electron chi connectivity index (χ2n) is 8.31. The Balaban J connectivity index is 1.53. The van der Waals surface area contributed by atoms with E-state index in [-0.39, 0.29) is 13.0 Å². The molecule has 1 atom stereocenters. The number of esters is 1. The lowest BCUT2D eigenvalue weighted by molar-refractivity contribution is -0.125. The summed E-state index contributed by atoms with van der Waals surface area (Å²) in [5.41, 5.74) is 3.03. The van der Waals surface area contributed by atoms with Gasteiger partial charge in [0.05, 0.1) is 42.2 Å². The van der Waals surface area contributed by atoms with Crippen LogP contribution in [0.5, 0.6) is 17.2 Å². The molecule has 0 aliphatic carbocycles. The molecule has 196 valence electrons. The maximum Gasteiger partial charge on any atom is 0.339 e. The fourth-order valence-electron chi connectivity index (χ4n) is 3.79. The van der Waals surface area contributed by atoms with Gasteiger partial charge in [-0.05, 0) is 48.9 Å². The SMILES string of the molecule is COC(=O)c1cn2ncc(C#N)c(Nc3ccc(Oc4ccccc4OCCC(O)C(O)O)cc3)c2c1C. The highest BCUT2D eigenvalue weighted by Crippen LogP contribution is 2.34. The number of nitrogens with zero attached hydrogens (tertiary/aromatic N) is 3. The van der Waals surface area contributed by atoms with Gasteiger partial charge in [0, 0.05) is 18.3 Å². The summed E-state index contributed by atoms with van der Waals surface area (Å²) in [6.45, 7) is 1.82. The van der Waals surface area contributed by atoms with E-state index in [1.165, 1.54) is 17.8 Å². The van der Waals surface area contributed by atoms with E-state index in [1.54, 1.807) is 61.7 Å². The summed E-state index contributed by atoms with van der Waals surface area (Å²) in [5, 5.41) is 44.7. The normalized spacial score (nSPS) is 11.7. The minimum Gasteiger partial charge on any atom is -0.490 e. The van der Waals surface area contributed by atoms with Crippen molar-refractivity contribution in [2.24, 2.45) is 0 Å². The summed E-state index contributed by atoms with van der Waals surface area (Å²) in [5.74, 6) is 0.890. The lowest BCUT2D eigenvalue weighted by Crippen LogP contribution is -2.27. The lowest BCUT2D eigenvalue weighted by atomic mass is 10.1. The molecular weight excluding hydrogens is 492 g/mol. The van der Waals surface area contributed by atoms with Crippen LogP contribution in [0.3, 0.4) is 0 Å². The fourth-order valence-corrected chi connectivity index (χ4v) is 3.79. The first-order chi connectivity index (χ1) is 18.3. The van der Waals surface area contributed by atoms with Crippen molar-refractivity contribution in [2.45, 2.75) is 25.7 Å². The molecule has 0 bridgehead atoms. The molecule has 0 aliphatic rings. The van der Waals surface area contributed by atoms with E-state index >= 15 is 0 Å². The molecule has 11 heteroatoms. The average molecular weight is 519 g/mol. The Hall–Kier alpha value is -4.63. The number of aromatic nitrogens is 2. The number of aryl methyl sites for hydroxylation is 1. The first-order valence-electron chi connectivity index (χ1n) is 11.6. The van der Waals surface area contributed by atoms with Gasteiger partial charge in [-0.3, -0.25) is 0 Å². The number of ether oxygens (including phenoxy) is 3. The number of anilines is 2. The van der Waals surface area contributed by atoms with Crippen LogP contribution in [0.2, 0.25) is 0 Å². The van der Waals surface area contributed by atoms with Crippen molar-refractivity contribution in [2.75, 3.05) is 19.0 Å². The van der Waals surface area contributed by atoms with Crippen LogP contribution in [0, 0.1) is 18.3 Å². The summed E-state index contributed by atoms with van der Waals surface area (Å²) in [4.78, 5) is 12.2. The summed E-state index contributed by atoms with van der Waals surface area (Å²) in [6, 6.07) is 16.1. The number of para-hydroxylation sites is 2. The van der Waals surface area contributed by atoms with Crippen molar-refractivity contribution >= 4 is 22.9 Å². The molecule has 4 rings (SSSR count). The number of benzene rings is 2. The van der Waals surface area contributed by atoms with E-state index in [1.807, 2.05) is 0 Å². The van der Waals surface area contributed by atoms with Crippen LogP contribution in [0.25, 0.3) is 5.52 Å². The van der Waals surface area contributed by atoms with Gasteiger partial charge in [-0.2, -0.15) is 10.4 Å². The van der Waals surface area contributed by atoms with Crippen molar-refractivity contribution in [3.63, 3.8) is 0 Å². The topological polar surface area (TPSA) is 159 Å². The van der Waals surface area contributed by atoms with Crippen LogP contribution < -0.4 is 14.8 Å². The van der Waals surface area contributed by atoms with Crippen molar-refractivity contribution in [1.82, 2.24) is 9.61 Å². The second-order valence-corrected chi connectivity index (χ2v) is 8.31. The Bertz CT molecular complexity index is 1480. The van der Waals surface area contributed by atoms with Crippen molar-refractivity contribution in [3.05, 3.63) is 77.6 Å². The molecule has 38 heavy (non-hydrogen) atoms. The molecule has 0 radical (unpaired) electrons. The molecule has 0 fully saturated rings. The zero-order valence-corrected chi connectivity index (χ0v) is 20.7. The van der Waals surface area contributed by atoms with Gasteiger partial charge >= 0.3 is 5.97 Å². The molecule has 4 aromatic rings. The van der Waals surface area contributed by atoms with E-state index < -0.39 is 18.4 Å². The molecular formula is C27H26N4O7. The highest BCUT2D eigenvalue weighted by molar-refractivity contribution is 5.97. The molecule has 2 heterocycles. The highest BCUT2D eigenvalue weighted by atomic mass is 16.5. The Kier molecular flexibility index (Phi) is 8.08. The molecule has 2 aromatic carbocycles. The van der Waals surface area contributed by atoms with Crippen LogP contribution in [-0.2, 0) is 4.74 Å². The number of hydrogen-bond donors (Lipinski definition) is 4. The van der Waals surface area contributed by atoms with Gasteiger partial charge in [-0.1, -0.05) is 12.1 Å². The van der Waals surface area contributed by atoms with Crippen LogP contribution in [0.15, 0.2) is 60.9 Å². The van der Waals surface area contributed by atoms with Crippen LogP contribution in [0.4, 0.5) is 11.4 Å². The van der Waals surface area contributed by atoms with E-state index in [0.29, 0.717) is 50.8 Å². The third-order valence-electron chi connectivity index (χ3n) is 5.80. The summed E-state index contributed by atoms with van der Waals surface area (Å²) >= 11 is 0. The summed E-state index contributed by atoms with van der Waals surface area (Å²) in [6.07, 6.45) is -0.131. The highest BCUT2D eigenvalue weighted by Gasteiger charge is 2.20. The molecule has 4 N–H and O–H groups in total. The molecule has 0 spiro atoms. The van der Waals surface area contributed by atoms with Crippen molar-refractivity contribution < 1.29 is 34.3 Å². The average Bonchev–Trinajstić information content (AvgIpc) is 3.26. The van der Waals surface area contributed by atoms with Gasteiger partial charge < -0.3 is 34.8 Å². The molecule has 2 aromatic heterocycles. The van der Waals surface area contributed by atoms with E-state index in [0.717, 1.165) is 0 Å². The van der Waals surface area contributed by atoms with E-state index in [9.17, 15) is 15.2 Å². The largest absolute Gasteiger partial charge is 0.490 e. The number of hydrogen-bond acceptors (Lipinski definition) is 10. The third kappa shape index (κ3) is 5.68. The van der Waals surface area contributed by atoms with Gasteiger partial charge in [0.1, 0.15) is 17.9 Å². The predicted octanol–water partition coefficient (Wildman–Crippen LogP) is 3.28. The number of aliphatic hydroxyl groups excluding tert-OH is 2. The first kappa shape index (κ1) is 26.4. The Morgan fingerprint density at radius 3 is 2.50 bits per heavy atom. The van der Waals surface area contributed by atoms with Crippen LogP contribution >= 0.6 is 0 Å². The molecule has 0 amide bonds. The maximum atomic E-state index is 12.2. The molecule has 11 nitrogen and oxygen atoms in total. The number of nitrogens with one attached hydrogen (secondary N) is 1. The van der Waals surface area contributed by atoms with Gasteiger partial charge in [-0.25, -0.2) is 9.31 Å². The standard InChI is InChI=1S/C27H26N4O7/c1-16-20(27(35)36-2)15-31-25(16)24(17(13-28)14-29-31)30-18-7-9-19(10-8-18)38-23-6-4-3-5-22(23)37-12-11-21(32)26(33)34/h3-10,14-15,21,26,30,32-34H,11-12H2,1-2H3. The number of nitriles is 1. The quantitative estimate of drug-likeness (QED) is 0.181. The van der Waals surface area contributed by atoms with Crippen molar-refractivity contribution in [1.29, 1.82) is 5.26 Å². The third-order valence-corrected chi connectivity index (χ3v) is 5.80. The molecule has 0 aliphatic heterocycles. The minimum absolute atomic E-state index is 0.0294. The second kappa shape index (κ2) is 11.6. The lowest BCUT2D eigenvalue weighted by Gasteiger charge is -2.15. The number of aliphatic hydroxyl groups is 3. The Labute approximate surface area is 218 Å². The summed E-state index contributed by atoms with van der Waals surface area (Å²) in [7, 11) is 1.30. The summed E-state index contributed by atoms with van der Waals surface area (Å²) < 4.78 is 18.0. The molecule has 1 unspecified atom stereocenters. The first-order valence-corrected chi connectivity index (χ1v) is 11.6. The maximum absolute atomic E-state index is 12.2. The number of carbonyl (C=O) groups is 1. The van der Waals surface area contributed by atoms with Crippen LogP contribution in [-0.4, -0.2) is 57.0 Å². The minimum atomic E-state index is -1.83. The van der Waals surface area contributed by atoms with Gasteiger partial charge in [0.2, 0.25) is 0 Å². The number of carbonyl (C=O) groups excluding carboxylic acids is 1. The smallest absolute Gasteiger partial charge is 0.339 e. The van der Waals surface area contributed by atoms with Crippen molar-refractivity contribution in [3.8, 4) is 23.3 Å². The molecule has 0 saturated heterocycles.